The number of carboxylic acids is 1. The molecule has 1 heterocycles. The summed E-state index contributed by atoms with van der Waals surface area (Å²) in [7, 11) is 0. The first-order chi connectivity index (χ1) is 5.04. The Morgan fingerprint density at radius 2 is 1.82 bits per heavy atom. The predicted octanol–water partition coefficient (Wildman–Crippen LogP) is 1.40. The van der Waals surface area contributed by atoms with Gasteiger partial charge in [0, 0.05) is 0 Å². The van der Waals surface area contributed by atoms with E-state index in [2.05, 4.69) is 4.42 Å². The molecule has 0 spiro atoms. The average Bonchev–Trinajstić information content (AvgIpc) is 2.17. The molecule has 0 aliphatic rings. The van der Waals surface area contributed by atoms with Crippen LogP contribution in [-0.4, -0.2) is 11.1 Å². The molecule has 0 saturated heterocycles. The van der Waals surface area contributed by atoms with E-state index < -0.39 is 29.4 Å². The fourth-order valence-electron chi connectivity index (χ4n) is 0.503. The lowest BCUT2D eigenvalue weighted by Gasteiger charge is -1.82. The third-order valence-corrected chi connectivity index (χ3v) is 0.951. The molecule has 0 saturated carbocycles. The minimum absolute atomic E-state index is 1.36. The molecule has 1 aromatic rings. The van der Waals surface area contributed by atoms with Crippen LogP contribution >= 0.6 is 0 Å². The molecule has 60 valence electrons. The van der Waals surface area contributed by atoms with Crippen molar-refractivity contribution in [1.82, 2.24) is 0 Å². The minimum atomic E-state index is -1.91. The molecule has 11 heavy (non-hydrogen) atoms. The summed E-state index contributed by atoms with van der Waals surface area (Å²) < 4.78 is 39.7. The molecule has 0 unspecified atom stereocenters. The molecule has 6 heteroatoms. The van der Waals surface area contributed by atoms with Crippen molar-refractivity contribution >= 4 is 5.97 Å². The zero-order valence-corrected chi connectivity index (χ0v) is 4.90. The van der Waals surface area contributed by atoms with Crippen LogP contribution < -0.4 is 0 Å². The number of hydrogen-bond acceptors (Lipinski definition) is 2. The molecule has 0 radical (unpaired) electrons. The van der Waals surface area contributed by atoms with Gasteiger partial charge in [0.05, 0.1) is 0 Å². The van der Waals surface area contributed by atoms with Crippen molar-refractivity contribution in [2.75, 3.05) is 0 Å². The van der Waals surface area contributed by atoms with Crippen molar-refractivity contribution in [2.45, 2.75) is 0 Å². The smallest absolute Gasteiger partial charge is 0.375 e. The summed E-state index contributed by atoms with van der Waals surface area (Å²) in [6.07, 6.45) is 0. The lowest BCUT2D eigenvalue weighted by molar-refractivity contribution is 0.0646. The number of rotatable bonds is 1. The summed E-state index contributed by atoms with van der Waals surface area (Å²) in [6, 6.07) is -1.86. The predicted molar refractivity (Wildman–Crippen MR) is 25.5 cm³/mol. The zero-order chi connectivity index (χ0) is 8.59. The number of halogens is 3. The maximum absolute atomic E-state index is 12.2. The van der Waals surface area contributed by atoms with E-state index in [4.69, 9.17) is 5.11 Å². The number of furan rings is 1. The largest absolute Gasteiger partial charge is 0.475 e. The summed E-state index contributed by atoms with van der Waals surface area (Å²) in [4.78, 5) is 9.92. The first-order valence-electron chi connectivity index (χ1n) is 2.40. The van der Waals surface area contributed by atoms with E-state index in [1.165, 1.54) is 0 Å². The number of aromatic carboxylic acids is 1. The minimum Gasteiger partial charge on any atom is -0.475 e. The van der Waals surface area contributed by atoms with Crippen LogP contribution in [0.5, 0.6) is 0 Å². The molecule has 0 aliphatic carbocycles. The zero-order valence-electron chi connectivity index (χ0n) is 4.90. The SMILES string of the molecule is O=C(O)c1oc(F)c(F)c1F. The summed E-state index contributed by atoms with van der Waals surface area (Å²) in [5.41, 5.74) is 0. The molecule has 0 fully saturated rings. The van der Waals surface area contributed by atoms with Crippen LogP contribution in [0, 0.1) is 17.6 Å². The van der Waals surface area contributed by atoms with Gasteiger partial charge in [0.15, 0.2) is 0 Å². The number of carboxylic acid groups (broad SMARTS) is 1. The Morgan fingerprint density at radius 1 is 1.27 bits per heavy atom. The fraction of sp³-hybridized carbons (Fsp3) is 0. The van der Waals surface area contributed by atoms with Gasteiger partial charge in [-0.2, -0.15) is 13.2 Å². The Labute approximate surface area is 58.0 Å². The van der Waals surface area contributed by atoms with E-state index in [9.17, 15) is 18.0 Å². The highest BCUT2D eigenvalue weighted by Gasteiger charge is 2.25. The van der Waals surface area contributed by atoms with Crippen LogP contribution in [0.4, 0.5) is 13.2 Å². The van der Waals surface area contributed by atoms with Crippen LogP contribution in [0.3, 0.4) is 0 Å². The maximum Gasteiger partial charge on any atom is 0.375 e. The Kier molecular flexibility index (Phi) is 1.60. The monoisotopic (exact) mass is 166 g/mol. The van der Waals surface area contributed by atoms with Gasteiger partial charge >= 0.3 is 12.0 Å². The van der Waals surface area contributed by atoms with Gasteiger partial charge in [0.1, 0.15) is 0 Å². The van der Waals surface area contributed by atoms with E-state index in [0.29, 0.717) is 0 Å². The van der Waals surface area contributed by atoms with E-state index in [1.807, 2.05) is 0 Å². The molecular weight excluding hydrogens is 165 g/mol. The number of hydrogen-bond donors (Lipinski definition) is 1. The van der Waals surface area contributed by atoms with Crippen molar-refractivity contribution in [1.29, 1.82) is 0 Å². The molecule has 1 N–H and O–H groups in total. The van der Waals surface area contributed by atoms with Crippen LogP contribution in [-0.2, 0) is 0 Å². The Morgan fingerprint density at radius 3 is 2.00 bits per heavy atom. The molecule has 0 amide bonds. The molecule has 0 aliphatic heterocycles. The Hall–Kier alpha value is -1.46. The topological polar surface area (TPSA) is 50.4 Å². The summed E-state index contributed by atoms with van der Waals surface area (Å²) >= 11 is 0. The second-order valence-corrected chi connectivity index (χ2v) is 1.64. The highest BCUT2D eigenvalue weighted by Crippen LogP contribution is 2.17. The normalized spacial score (nSPS) is 10.1. The summed E-state index contributed by atoms with van der Waals surface area (Å²) in [6.45, 7) is 0. The van der Waals surface area contributed by atoms with Crippen molar-refractivity contribution in [3.05, 3.63) is 23.4 Å². The standard InChI is InChI=1S/C5HF3O3/c6-1-2(7)4(8)11-3(1)5(9)10/h(H,9,10). The second-order valence-electron chi connectivity index (χ2n) is 1.64. The highest BCUT2D eigenvalue weighted by molar-refractivity contribution is 5.84. The molecule has 3 nitrogen and oxygen atoms in total. The van der Waals surface area contributed by atoms with Gasteiger partial charge in [-0.3, -0.25) is 0 Å². The lowest BCUT2D eigenvalue weighted by atomic mass is 10.4. The Bertz CT molecular complexity index is 304. The van der Waals surface area contributed by atoms with E-state index in [-0.39, 0.29) is 0 Å². The lowest BCUT2D eigenvalue weighted by Crippen LogP contribution is -1.96. The van der Waals surface area contributed by atoms with Crippen molar-refractivity contribution in [3.8, 4) is 0 Å². The molecule has 1 aromatic heterocycles. The van der Waals surface area contributed by atoms with Crippen LogP contribution in [0.25, 0.3) is 0 Å². The number of carbonyl (C=O) groups is 1. The maximum atomic E-state index is 12.2. The van der Waals surface area contributed by atoms with Crippen molar-refractivity contribution < 1.29 is 27.5 Å². The van der Waals surface area contributed by atoms with Gasteiger partial charge in [0.25, 0.3) is 5.76 Å². The van der Waals surface area contributed by atoms with Gasteiger partial charge < -0.3 is 9.52 Å². The van der Waals surface area contributed by atoms with E-state index in [0.717, 1.165) is 0 Å². The summed E-state index contributed by atoms with van der Waals surface area (Å²) in [5.74, 6) is -6.96. The second kappa shape index (κ2) is 2.30. The fourth-order valence-corrected chi connectivity index (χ4v) is 0.503. The van der Waals surface area contributed by atoms with Crippen LogP contribution in [0.2, 0.25) is 0 Å². The summed E-state index contributed by atoms with van der Waals surface area (Å²) in [5, 5.41) is 8.04. The third kappa shape index (κ3) is 1.06. The first kappa shape index (κ1) is 7.64. The van der Waals surface area contributed by atoms with Gasteiger partial charge in [0.2, 0.25) is 11.6 Å². The van der Waals surface area contributed by atoms with Crippen molar-refractivity contribution in [3.63, 3.8) is 0 Å². The molecular formula is C5HF3O3. The molecule has 0 aromatic carbocycles. The quantitative estimate of drug-likeness (QED) is 0.685. The molecule has 0 bridgehead atoms. The van der Waals surface area contributed by atoms with Crippen LogP contribution in [0.1, 0.15) is 10.6 Å². The third-order valence-electron chi connectivity index (χ3n) is 0.951. The molecule has 0 atom stereocenters. The molecule has 1 rings (SSSR count). The van der Waals surface area contributed by atoms with Crippen molar-refractivity contribution in [2.24, 2.45) is 0 Å². The van der Waals surface area contributed by atoms with Crippen LogP contribution in [0.15, 0.2) is 4.42 Å². The van der Waals surface area contributed by atoms with Gasteiger partial charge in [-0.15, -0.1) is 0 Å². The van der Waals surface area contributed by atoms with E-state index in [1.54, 1.807) is 0 Å². The van der Waals surface area contributed by atoms with Gasteiger partial charge in [-0.05, 0) is 0 Å². The Balaban J connectivity index is 3.29. The van der Waals surface area contributed by atoms with E-state index >= 15 is 0 Å². The average molecular weight is 166 g/mol. The highest BCUT2D eigenvalue weighted by atomic mass is 19.2. The van der Waals surface area contributed by atoms with Gasteiger partial charge in [-0.1, -0.05) is 0 Å². The first-order valence-corrected chi connectivity index (χ1v) is 2.40. The van der Waals surface area contributed by atoms with Gasteiger partial charge in [-0.25, -0.2) is 4.79 Å².